The number of carbonyl (C=O) groups is 2. The van der Waals surface area contributed by atoms with Crippen molar-refractivity contribution in [2.45, 2.75) is 29.5 Å². The number of amides is 1. The van der Waals surface area contributed by atoms with E-state index in [4.69, 9.17) is 9.47 Å². The third-order valence-corrected chi connectivity index (χ3v) is 8.60. The normalized spacial score (nSPS) is 16.0. The minimum atomic E-state index is -1.01. The molecule has 1 fully saturated rings. The molecule has 1 saturated heterocycles. The quantitative estimate of drug-likeness (QED) is 0.0455. The summed E-state index contributed by atoms with van der Waals surface area (Å²) in [5.41, 5.74) is 1.29. The average Bonchev–Trinajstić information content (AvgIpc) is 3.60. The molecule has 5 rings (SSSR count). The van der Waals surface area contributed by atoms with Crippen molar-refractivity contribution in [3.8, 4) is 11.5 Å². The fraction of sp³-hybridized carbons (Fsp3) is 0.188. The highest BCUT2D eigenvalue weighted by Gasteiger charge is 2.48. The number of hydrogen-bond acceptors (Lipinski definition) is 9. The lowest BCUT2D eigenvalue weighted by molar-refractivity contribution is -0.132. The largest absolute Gasteiger partial charge is 0.507 e. The van der Waals surface area contributed by atoms with Crippen LogP contribution in [-0.4, -0.2) is 40.2 Å². The molecule has 1 unspecified atom stereocenters. The molecule has 1 aliphatic rings. The fourth-order valence-electron chi connectivity index (χ4n) is 4.47. The van der Waals surface area contributed by atoms with Crippen LogP contribution < -0.4 is 14.4 Å². The van der Waals surface area contributed by atoms with Gasteiger partial charge in [0.2, 0.25) is 5.13 Å². The van der Waals surface area contributed by atoms with Gasteiger partial charge in [-0.25, -0.2) is 4.39 Å². The van der Waals surface area contributed by atoms with Crippen molar-refractivity contribution in [2.24, 2.45) is 0 Å². The number of ether oxygens (including phenoxy) is 2. The second-order valence-corrected chi connectivity index (χ2v) is 11.6. The molecule has 1 aromatic heterocycles. The van der Waals surface area contributed by atoms with Crippen LogP contribution in [0.4, 0.5) is 9.52 Å². The third kappa shape index (κ3) is 6.63. The number of aromatic nitrogens is 2. The molecule has 1 aliphatic heterocycles. The summed E-state index contributed by atoms with van der Waals surface area (Å²) in [7, 11) is 0. The van der Waals surface area contributed by atoms with Crippen LogP contribution in [0.5, 0.6) is 11.5 Å². The second kappa shape index (κ2) is 13.7. The lowest BCUT2D eigenvalue weighted by Crippen LogP contribution is -2.29. The molecule has 220 valence electrons. The van der Waals surface area contributed by atoms with Crippen molar-refractivity contribution in [2.75, 3.05) is 18.1 Å². The lowest BCUT2D eigenvalue weighted by Gasteiger charge is -2.23. The zero-order valence-corrected chi connectivity index (χ0v) is 24.9. The number of Topliss-reactive ketones (excluding diaryl/α,β-unsaturated/α-hetero) is 1. The standard InChI is InChI=1S/C32H28FN3O5S2/c1-3-16-40-23-14-12-20(13-15-23)28(37)26-27(21-9-7-10-24(18-21)41-17-4-2)36(30(39)29(26)38)31-34-35-32(43-31)42-19-22-8-5-6-11-25(22)33/h4-15,18,27,37H,2-3,16-17,19H2,1H3. The van der Waals surface area contributed by atoms with E-state index in [0.29, 0.717) is 44.9 Å². The van der Waals surface area contributed by atoms with Gasteiger partial charge in [-0.3, -0.25) is 14.5 Å². The number of anilines is 1. The molecule has 0 spiro atoms. The Hall–Kier alpha value is -4.48. The summed E-state index contributed by atoms with van der Waals surface area (Å²) in [6.45, 7) is 6.47. The Kier molecular flexibility index (Phi) is 9.53. The van der Waals surface area contributed by atoms with Gasteiger partial charge in [-0.15, -0.1) is 10.2 Å². The number of benzene rings is 3. The molecule has 3 aromatic carbocycles. The maximum absolute atomic E-state index is 14.1. The first kappa shape index (κ1) is 30.0. The molecule has 8 nitrogen and oxygen atoms in total. The molecule has 11 heteroatoms. The molecule has 4 aromatic rings. The lowest BCUT2D eigenvalue weighted by atomic mass is 9.95. The molecule has 0 saturated carbocycles. The molecule has 0 aliphatic carbocycles. The molecule has 43 heavy (non-hydrogen) atoms. The fourth-order valence-corrected chi connectivity index (χ4v) is 6.33. The van der Waals surface area contributed by atoms with Gasteiger partial charge in [-0.2, -0.15) is 0 Å². The number of rotatable bonds is 12. The smallest absolute Gasteiger partial charge is 0.301 e. The van der Waals surface area contributed by atoms with E-state index in [9.17, 15) is 19.1 Å². The molecule has 0 radical (unpaired) electrons. The minimum absolute atomic E-state index is 0.0937. The molecule has 2 heterocycles. The molecule has 1 N–H and O–H groups in total. The maximum atomic E-state index is 14.1. The number of aliphatic hydroxyl groups excluding tert-OH is 1. The van der Waals surface area contributed by atoms with Crippen LogP contribution in [0.25, 0.3) is 5.76 Å². The maximum Gasteiger partial charge on any atom is 0.301 e. The summed E-state index contributed by atoms with van der Waals surface area (Å²) in [5.74, 6) is -0.937. The van der Waals surface area contributed by atoms with E-state index < -0.39 is 17.7 Å². The topological polar surface area (TPSA) is 102 Å². The van der Waals surface area contributed by atoms with E-state index in [2.05, 4.69) is 16.8 Å². The number of halogens is 1. The first-order valence-electron chi connectivity index (χ1n) is 13.5. The van der Waals surface area contributed by atoms with Crippen LogP contribution in [-0.2, 0) is 15.3 Å². The van der Waals surface area contributed by atoms with Crippen molar-refractivity contribution < 1.29 is 28.6 Å². The first-order chi connectivity index (χ1) is 20.9. The van der Waals surface area contributed by atoms with Crippen LogP contribution >= 0.6 is 23.1 Å². The Morgan fingerprint density at radius 3 is 2.60 bits per heavy atom. The number of nitrogens with zero attached hydrogens (tertiary/aromatic N) is 3. The number of aliphatic hydroxyl groups is 1. The number of hydrogen-bond donors (Lipinski definition) is 1. The van der Waals surface area contributed by atoms with Gasteiger partial charge in [-0.1, -0.05) is 73.0 Å². The number of thioether (sulfide) groups is 1. The third-order valence-electron chi connectivity index (χ3n) is 6.50. The van der Waals surface area contributed by atoms with E-state index in [0.717, 1.165) is 17.8 Å². The highest BCUT2D eigenvalue weighted by Crippen LogP contribution is 2.44. The van der Waals surface area contributed by atoms with Crippen molar-refractivity contribution in [1.29, 1.82) is 0 Å². The zero-order chi connectivity index (χ0) is 30.3. The van der Waals surface area contributed by atoms with Gasteiger partial charge >= 0.3 is 5.91 Å². The summed E-state index contributed by atoms with van der Waals surface area (Å²) in [4.78, 5) is 28.3. The van der Waals surface area contributed by atoms with Gasteiger partial charge in [0.25, 0.3) is 5.78 Å². The van der Waals surface area contributed by atoms with Crippen molar-refractivity contribution in [3.63, 3.8) is 0 Å². The van der Waals surface area contributed by atoms with E-state index >= 15 is 0 Å². The van der Waals surface area contributed by atoms with Gasteiger partial charge < -0.3 is 14.6 Å². The summed E-state index contributed by atoms with van der Waals surface area (Å²) in [6, 6.07) is 19.0. The van der Waals surface area contributed by atoms with E-state index in [1.54, 1.807) is 72.8 Å². The predicted octanol–water partition coefficient (Wildman–Crippen LogP) is 6.95. The Bertz CT molecular complexity index is 1670. The Labute approximate surface area is 256 Å². The number of carbonyl (C=O) groups excluding carboxylic acids is 2. The van der Waals surface area contributed by atoms with Crippen LogP contribution in [0.1, 0.15) is 36.1 Å². The van der Waals surface area contributed by atoms with Crippen LogP contribution in [0.3, 0.4) is 0 Å². The monoisotopic (exact) mass is 617 g/mol. The highest BCUT2D eigenvalue weighted by atomic mass is 32.2. The zero-order valence-electron chi connectivity index (χ0n) is 23.2. The van der Waals surface area contributed by atoms with E-state index in [1.165, 1.54) is 22.7 Å². The van der Waals surface area contributed by atoms with Crippen molar-refractivity contribution in [3.05, 3.63) is 114 Å². The highest BCUT2D eigenvalue weighted by molar-refractivity contribution is 8.00. The van der Waals surface area contributed by atoms with E-state index in [-0.39, 0.29) is 28.9 Å². The molecular weight excluding hydrogens is 590 g/mol. The van der Waals surface area contributed by atoms with Gasteiger partial charge in [0.15, 0.2) is 4.34 Å². The Morgan fingerprint density at radius 1 is 1.07 bits per heavy atom. The van der Waals surface area contributed by atoms with Crippen molar-refractivity contribution >= 4 is 45.7 Å². The second-order valence-electron chi connectivity index (χ2n) is 9.44. The SMILES string of the molecule is C=CCOc1cccc(C2C(=C(O)c3ccc(OCCC)cc3)C(=O)C(=O)N2c2nnc(SCc3ccccc3F)s2)c1. The van der Waals surface area contributed by atoms with Crippen LogP contribution in [0, 0.1) is 5.82 Å². The molecule has 0 bridgehead atoms. The molecular formula is C32H28FN3O5S2. The molecule has 1 atom stereocenters. The Balaban J connectivity index is 1.53. The van der Waals surface area contributed by atoms with Crippen molar-refractivity contribution in [1.82, 2.24) is 10.2 Å². The summed E-state index contributed by atoms with van der Waals surface area (Å²) in [6.07, 6.45) is 2.45. The minimum Gasteiger partial charge on any atom is -0.507 e. The molecule has 1 amide bonds. The van der Waals surface area contributed by atoms with E-state index in [1.807, 2.05) is 6.92 Å². The van der Waals surface area contributed by atoms with Gasteiger partial charge in [-0.05, 0) is 60.0 Å². The summed E-state index contributed by atoms with van der Waals surface area (Å²) in [5, 5.41) is 20.0. The van der Waals surface area contributed by atoms with Crippen LogP contribution in [0.15, 0.2) is 95.4 Å². The summed E-state index contributed by atoms with van der Waals surface area (Å²) < 4.78 is 26.0. The first-order valence-corrected chi connectivity index (χ1v) is 15.3. The predicted molar refractivity (Wildman–Crippen MR) is 165 cm³/mol. The number of ketones is 1. The van der Waals surface area contributed by atoms with Gasteiger partial charge in [0, 0.05) is 11.3 Å². The van der Waals surface area contributed by atoms with Gasteiger partial charge in [0.1, 0.15) is 29.7 Å². The van der Waals surface area contributed by atoms with Gasteiger partial charge in [0.05, 0.1) is 18.2 Å². The average molecular weight is 618 g/mol. The van der Waals surface area contributed by atoms with Crippen LogP contribution in [0.2, 0.25) is 0 Å². The summed E-state index contributed by atoms with van der Waals surface area (Å²) >= 11 is 2.37. The Morgan fingerprint density at radius 2 is 1.86 bits per heavy atom.